The second-order valence-corrected chi connectivity index (χ2v) is 5.21. The SMILES string of the molecule is COc1ncccc1O[C@@H](c1ccccc1)[C@H]1CCNC1. The minimum absolute atomic E-state index is 0.0132. The van der Waals surface area contributed by atoms with Gasteiger partial charge >= 0.3 is 0 Å². The van der Waals surface area contributed by atoms with Crippen LogP contribution in [0.2, 0.25) is 0 Å². The van der Waals surface area contributed by atoms with Crippen molar-refractivity contribution in [1.82, 2.24) is 10.3 Å². The summed E-state index contributed by atoms with van der Waals surface area (Å²) in [5, 5.41) is 3.41. The van der Waals surface area contributed by atoms with Gasteiger partial charge in [-0.3, -0.25) is 0 Å². The zero-order valence-corrected chi connectivity index (χ0v) is 12.2. The van der Waals surface area contributed by atoms with Crippen molar-refractivity contribution in [2.45, 2.75) is 12.5 Å². The van der Waals surface area contributed by atoms with Gasteiger partial charge in [0.25, 0.3) is 5.88 Å². The Morgan fingerprint density at radius 3 is 2.76 bits per heavy atom. The number of hydrogen-bond acceptors (Lipinski definition) is 4. The van der Waals surface area contributed by atoms with E-state index in [1.54, 1.807) is 13.3 Å². The highest BCUT2D eigenvalue weighted by molar-refractivity contribution is 5.33. The Bertz CT molecular complexity index is 568. The predicted octanol–water partition coefficient (Wildman–Crippen LogP) is 2.82. The first kappa shape index (κ1) is 13.9. The number of pyridine rings is 1. The first-order chi connectivity index (χ1) is 10.4. The summed E-state index contributed by atoms with van der Waals surface area (Å²) in [6.07, 6.45) is 2.84. The van der Waals surface area contributed by atoms with Crippen molar-refractivity contribution < 1.29 is 9.47 Å². The summed E-state index contributed by atoms with van der Waals surface area (Å²) in [5.41, 5.74) is 1.19. The molecular weight excluding hydrogens is 264 g/mol. The summed E-state index contributed by atoms with van der Waals surface area (Å²) < 4.78 is 11.6. The Morgan fingerprint density at radius 1 is 1.19 bits per heavy atom. The molecule has 0 saturated carbocycles. The third-order valence-corrected chi connectivity index (χ3v) is 3.84. The molecule has 2 heterocycles. The van der Waals surface area contributed by atoms with Crippen LogP contribution in [-0.4, -0.2) is 25.2 Å². The van der Waals surface area contributed by atoms with Crippen molar-refractivity contribution in [3.8, 4) is 11.6 Å². The van der Waals surface area contributed by atoms with E-state index in [-0.39, 0.29) is 6.10 Å². The highest BCUT2D eigenvalue weighted by atomic mass is 16.5. The van der Waals surface area contributed by atoms with Crippen molar-refractivity contribution in [2.75, 3.05) is 20.2 Å². The molecule has 4 heteroatoms. The quantitative estimate of drug-likeness (QED) is 0.917. The minimum atomic E-state index is 0.0132. The summed E-state index contributed by atoms with van der Waals surface area (Å²) in [4.78, 5) is 4.21. The molecule has 1 aromatic heterocycles. The molecule has 0 amide bonds. The van der Waals surface area contributed by atoms with E-state index in [1.165, 1.54) is 5.56 Å². The first-order valence-corrected chi connectivity index (χ1v) is 7.30. The molecule has 2 atom stereocenters. The summed E-state index contributed by atoms with van der Waals surface area (Å²) in [5.74, 6) is 1.68. The molecule has 0 unspecified atom stereocenters. The normalized spacial score (nSPS) is 19.2. The average molecular weight is 284 g/mol. The zero-order chi connectivity index (χ0) is 14.5. The largest absolute Gasteiger partial charge is 0.480 e. The van der Waals surface area contributed by atoms with E-state index >= 15 is 0 Å². The molecule has 110 valence electrons. The van der Waals surface area contributed by atoms with E-state index < -0.39 is 0 Å². The summed E-state index contributed by atoms with van der Waals surface area (Å²) >= 11 is 0. The molecule has 0 bridgehead atoms. The van der Waals surface area contributed by atoms with Crippen LogP contribution in [0.15, 0.2) is 48.7 Å². The number of hydrogen-bond donors (Lipinski definition) is 1. The maximum absolute atomic E-state index is 6.28. The smallest absolute Gasteiger partial charge is 0.256 e. The third kappa shape index (κ3) is 3.16. The molecule has 2 aromatic rings. The van der Waals surface area contributed by atoms with Crippen LogP contribution in [0.25, 0.3) is 0 Å². The van der Waals surface area contributed by atoms with Crippen molar-refractivity contribution in [3.63, 3.8) is 0 Å². The van der Waals surface area contributed by atoms with E-state index in [4.69, 9.17) is 9.47 Å². The van der Waals surface area contributed by atoms with Crippen LogP contribution in [0.1, 0.15) is 18.1 Å². The zero-order valence-electron chi connectivity index (χ0n) is 12.2. The fourth-order valence-corrected chi connectivity index (χ4v) is 2.77. The Morgan fingerprint density at radius 2 is 2.05 bits per heavy atom. The van der Waals surface area contributed by atoms with Crippen molar-refractivity contribution in [2.24, 2.45) is 5.92 Å². The molecule has 1 aromatic carbocycles. The topological polar surface area (TPSA) is 43.4 Å². The second kappa shape index (κ2) is 6.59. The number of nitrogens with zero attached hydrogens (tertiary/aromatic N) is 1. The Hall–Kier alpha value is -2.07. The van der Waals surface area contributed by atoms with Crippen molar-refractivity contribution in [3.05, 3.63) is 54.2 Å². The van der Waals surface area contributed by atoms with Gasteiger partial charge in [-0.2, -0.15) is 0 Å². The average Bonchev–Trinajstić information content (AvgIpc) is 3.08. The molecule has 0 aliphatic carbocycles. The number of nitrogens with one attached hydrogen (secondary N) is 1. The molecule has 1 N–H and O–H groups in total. The number of benzene rings is 1. The van der Waals surface area contributed by atoms with Crippen LogP contribution >= 0.6 is 0 Å². The van der Waals surface area contributed by atoms with Gasteiger partial charge in [0.05, 0.1) is 7.11 Å². The first-order valence-electron chi connectivity index (χ1n) is 7.30. The van der Waals surface area contributed by atoms with Crippen LogP contribution in [0, 0.1) is 5.92 Å². The lowest BCUT2D eigenvalue weighted by molar-refractivity contribution is 0.138. The van der Waals surface area contributed by atoms with Gasteiger partial charge in [-0.25, -0.2) is 4.98 Å². The molecular formula is C17H20N2O2. The van der Waals surface area contributed by atoms with E-state index in [2.05, 4.69) is 34.6 Å². The maximum atomic E-state index is 6.28. The van der Waals surface area contributed by atoms with Crippen molar-refractivity contribution >= 4 is 0 Å². The Labute approximate surface area is 125 Å². The van der Waals surface area contributed by atoms with E-state index in [0.29, 0.717) is 17.5 Å². The summed E-state index contributed by atoms with van der Waals surface area (Å²) in [7, 11) is 1.61. The van der Waals surface area contributed by atoms with Gasteiger partial charge in [-0.15, -0.1) is 0 Å². The summed E-state index contributed by atoms with van der Waals surface area (Å²) in [6, 6.07) is 14.1. The molecule has 0 spiro atoms. The van der Waals surface area contributed by atoms with Crippen LogP contribution in [0.4, 0.5) is 0 Å². The van der Waals surface area contributed by atoms with Gasteiger partial charge in [0.2, 0.25) is 0 Å². The van der Waals surface area contributed by atoms with Crippen LogP contribution < -0.4 is 14.8 Å². The lowest BCUT2D eigenvalue weighted by Crippen LogP contribution is -2.21. The Kier molecular flexibility index (Phi) is 4.36. The molecule has 1 saturated heterocycles. The third-order valence-electron chi connectivity index (χ3n) is 3.84. The van der Waals surface area contributed by atoms with Gasteiger partial charge in [0.15, 0.2) is 5.75 Å². The second-order valence-electron chi connectivity index (χ2n) is 5.21. The lowest BCUT2D eigenvalue weighted by Gasteiger charge is -2.25. The minimum Gasteiger partial charge on any atom is -0.480 e. The molecule has 3 rings (SSSR count). The van der Waals surface area contributed by atoms with E-state index in [0.717, 1.165) is 19.5 Å². The van der Waals surface area contributed by atoms with E-state index in [9.17, 15) is 0 Å². The molecule has 21 heavy (non-hydrogen) atoms. The Balaban J connectivity index is 1.88. The fraction of sp³-hybridized carbons (Fsp3) is 0.353. The molecule has 1 aliphatic rings. The monoisotopic (exact) mass is 284 g/mol. The fourth-order valence-electron chi connectivity index (χ4n) is 2.77. The lowest BCUT2D eigenvalue weighted by atomic mass is 9.95. The highest BCUT2D eigenvalue weighted by Crippen LogP contribution is 2.35. The van der Waals surface area contributed by atoms with Crippen molar-refractivity contribution in [1.29, 1.82) is 0 Å². The molecule has 4 nitrogen and oxygen atoms in total. The van der Waals surface area contributed by atoms with Gasteiger partial charge in [0.1, 0.15) is 6.10 Å². The molecule has 1 aliphatic heterocycles. The highest BCUT2D eigenvalue weighted by Gasteiger charge is 2.28. The summed E-state index contributed by atoms with van der Waals surface area (Å²) in [6.45, 7) is 2.02. The number of ether oxygens (including phenoxy) is 2. The molecule has 0 radical (unpaired) electrons. The maximum Gasteiger partial charge on any atom is 0.256 e. The van der Waals surface area contributed by atoms with Gasteiger partial charge in [0, 0.05) is 18.7 Å². The molecule has 1 fully saturated rings. The predicted molar refractivity (Wildman–Crippen MR) is 81.6 cm³/mol. The van der Waals surface area contributed by atoms with Crippen LogP contribution in [0.5, 0.6) is 11.6 Å². The van der Waals surface area contributed by atoms with Gasteiger partial charge in [-0.05, 0) is 30.7 Å². The number of aromatic nitrogens is 1. The van der Waals surface area contributed by atoms with Crippen LogP contribution in [0.3, 0.4) is 0 Å². The number of rotatable bonds is 5. The van der Waals surface area contributed by atoms with E-state index in [1.807, 2.05) is 18.2 Å². The standard InChI is InChI=1S/C17H20N2O2/c1-20-17-15(8-5-10-19-17)21-16(14-9-11-18-12-14)13-6-3-2-4-7-13/h2-8,10,14,16,18H,9,11-12H2,1H3/t14-,16-/m0/s1. The van der Waals surface area contributed by atoms with Gasteiger partial charge in [-0.1, -0.05) is 30.3 Å². The van der Waals surface area contributed by atoms with Gasteiger partial charge < -0.3 is 14.8 Å². The van der Waals surface area contributed by atoms with Crippen LogP contribution in [-0.2, 0) is 0 Å². The number of methoxy groups -OCH3 is 1.